The zero-order chi connectivity index (χ0) is 19.2. The number of piperazine rings is 1. The molecule has 27 heavy (non-hydrogen) atoms. The monoisotopic (exact) mass is 386 g/mol. The molecule has 0 saturated carbocycles. The van der Waals surface area contributed by atoms with Crippen molar-refractivity contribution in [3.8, 4) is 0 Å². The molecule has 1 saturated heterocycles. The molecule has 6 nitrogen and oxygen atoms in total. The van der Waals surface area contributed by atoms with Crippen molar-refractivity contribution in [1.82, 2.24) is 15.8 Å². The van der Waals surface area contributed by atoms with Crippen LogP contribution < -0.4 is 15.8 Å². The van der Waals surface area contributed by atoms with Gasteiger partial charge < -0.3 is 4.90 Å². The number of aryl methyl sites for hydroxylation is 2. The van der Waals surface area contributed by atoms with E-state index in [-0.39, 0.29) is 11.8 Å². The van der Waals surface area contributed by atoms with Gasteiger partial charge in [0.25, 0.3) is 5.91 Å². The van der Waals surface area contributed by atoms with Crippen molar-refractivity contribution in [2.45, 2.75) is 20.3 Å². The van der Waals surface area contributed by atoms with Crippen LogP contribution in [-0.2, 0) is 4.79 Å². The molecular weight excluding hydrogens is 360 g/mol. The van der Waals surface area contributed by atoms with Crippen LogP contribution in [0.15, 0.2) is 36.4 Å². The first-order chi connectivity index (χ1) is 13.0. The lowest BCUT2D eigenvalue weighted by Crippen LogP contribution is -2.48. The third kappa shape index (κ3) is 5.30. The SMILES string of the molecule is Cc1cc(C(=O)NNC(=O)CCN2CCN(c3ccccc3)CC2)c(C)s1. The van der Waals surface area contributed by atoms with Crippen molar-refractivity contribution < 1.29 is 9.59 Å². The fraction of sp³-hybridized carbons (Fsp3) is 0.400. The molecule has 2 amide bonds. The third-order valence-electron chi connectivity index (χ3n) is 4.75. The van der Waals surface area contributed by atoms with Gasteiger partial charge >= 0.3 is 0 Å². The lowest BCUT2D eigenvalue weighted by molar-refractivity contribution is -0.122. The van der Waals surface area contributed by atoms with Gasteiger partial charge in [-0.1, -0.05) is 18.2 Å². The maximum absolute atomic E-state index is 12.1. The van der Waals surface area contributed by atoms with E-state index in [9.17, 15) is 9.59 Å². The van der Waals surface area contributed by atoms with Crippen LogP contribution in [0, 0.1) is 13.8 Å². The first-order valence-electron chi connectivity index (χ1n) is 9.21. The Morgan fingerprint density at radius 1 is 1.04 bits per heavy atom. The van der Waals surface area contributed by atoms with E-state index in [0.29, 0.717) is 18.5 Å². The first-order valence-corrected chi connectivity index (χ1v) is 10.0. The number of amides is 2. The Labute approximate surface area is 164 Å². The standard InChI is InChI=1S/C20H26N4O2S/c1-15-14-18(16(2)27-15)20(26)22-21-19(25)8-9-23-10-12-24(13-11-23)17-6-4-3-5-7-17/h3-7,14H,8-13H2,1-2H3,(H,21,25)(H,22,26). The lowest BCUT2D eigenvalue weighted by atomic mass is 10.2. The van der Waals surface area contributed by atoms with Crippen LogP contribution in [0.4, 0.5) is 5.69 Å². The summed E-state index contributed by atoms with van der Waals surface area (Å²) in [5.74, 6) is -0.430. The van der Waals surface area contributed by atoms with E-state index in [4.69, 9.17) is 0 Å². The second-order valence-corrected chi connectivity index (χ2v) is 8.20. The number of anilines is 1. The van der Waals surface area contributed by atoms with Crippen LogP contribution in [0.3, 0.4) is 0 Å². The topological polar surface area (TPSA) is 64.7 Å². The van der Waals surface area contributed by atoms with E-state index in [2.05, 4.69) is 44.9 Å². The van der Waals surface area contributed by atoms with Gasteiger partial charge in [0.2, 0.25) is 5.91 Å². The second kappa shape index (κ2) is 9.01. The highest BCUT2D eigenvalue weighted by Gasteiger charge is 2.18. The number of hydrazine groups is 1. The van der Waals surface area contributed by atoms with Crippen molar-refractivity contribution >= 4 is 28.8 Å². The Morgan fingerprint density at radius 2 is 1.74 bits per heavy atom. The molecule has 1 aliphatic heterocycles. The molecule has 144 valence electrons. The van der Waals surface area contributed by atoms with E-state index >= 15 is 0 Å². The summed E-state index contributed by atoms with van der Waals surface area (Å²) >= 11 is 1.58. The van der Waals surface area contributed by atoms with Crippen LogP contribution in [0.5, 0.6) is 0 Å². The number of hydrogen-bond donors (Lipinski definition) is 2. The molecule has 7 heteroatoms. The van der Waals surface area contributed by atoms with Gasteiger partial charge in [-0.25, -0.2) is 0 Å². The molecule has 2 aromatic rings. The van der Waals surface area contributed by atoms with Crippen molar-refractivity contribution in [2.75, 3.05) is 37.6 Å². The molecule has 1 aromatic carbocycles. The van der Waals surface area contributed by atoms with Crippen LogP contribution in [0.25, 0.3) is 0 Å². The van der Waals surface area contributed by atoms with Crippen LogP contribution in [-0.4, -0.2) is 49.4 Å². The highest BCUT2D eigenvalue weighted by molar-refractivity contribution is 7.12. The van der Waals surface area contributed by atoms with E-state index in [1.165, 1.54) is 5.69 Å². The summed E-state index contributed by atoms with van der Waals surface area (Å²) in [6.07, 6.45) is 0.368. The number of thiophene rings is 1. The number of nitrogens with zero attached hydrogens (tertiary/aromatic N) is 2. The molecule has 0 radical (unpaired) electrons. The number of nitrogens with one attached hydrogen (secondary N) is 2. The summed E-state index contributed by atoms with van der Waals surface area (Å²) in [7, 11) is 0. The van der Waals surface area contributed by atoms with Gasteiger partial charge in [-0.15, -0.1) is 11.3 Å². The molecule has 0 aliphatic carbocycles. The molecule has 1 aromatic heterocycles. The zero-order valence-corrected chi connectivity index (χ0v) is 16.6. The van der Waals surface area contributed by atoms with E-state index < -0.39 is 0 Å². The fourth-order valence-electron chi connectivity index (χ4n) is 3.24. The Balaban J connectivity index is 1.36. The Morgan fingerprint density at radius 3 is 2.37 bits per heavy atom. The summed E-state index contributed by atoms with van der Waals surface area (Å²) < 4.78 is 0. The number of benzene rings is 1. The van der Waals surface area contributed by atoms with Crippen molar-refractivity contribution in [3.63, 3.8) is 0 Å². The molecular formula is C20H26N4O2S. The van der Waals surface area contributed by atoms with Gasteiger partial charge in [-0.05, 0) is 32.0 Å². The normalized spacial score (nSPS) is 14.8. The van der Waals surface area contributed by atoms with Crippen molar-refractivity contribution in [2.24, 2.45) is 0 Å². The highest BCUT2D eigenvalue weighted by Crippen LogP contribution is 2.20. The average Bonchev–Trinajstić information content (AvgIpc) is 3.03. The summed E-state index contributed by atoms with van der Waals surface area (Å²) in [6.45, 7) is 8.34. The quantitative estimate of drug-likeness (QED) is 0.774. The van der Waals surface area contributed by atoms with Gasteiger partial charge in [0.05, 0.1) is 5.56 Å². The molecule has 2 heterocycles. The van der Waals surface area contributed by atoms with E-state index in [0.717, 1.165) is 35.9 Å². The van der Waals surface area contributed by atoms with E-state index in [1.54, 1.807) is 11.3 Å². The highest BCUT2D eigenvalue weighted by atomic mass is 32.1. The van der Waals surface area contributed by atoms with Crippen LogP contribution in [0.2, 0.25) is 0 Å². The Bertz CT molecular complexity index is 783. The van der Waals surface area contributed by atoms with Crippen molar-refractivity contribution in [1.29, 1.82) is 0 Å². The fourth-order valence-corrected chi connectivity index (χ4v) is 4.16. The second-order valence-electron chi connectivity index (χ2n) is 6.74. The van der Waals surface area contributed by atoms with Gasteiger partial charge in [-0.2, -0.15) is 0 Å². The first kappa shape index (κ1) is 19.4. The minimum atomic E-state index is -0.262. The Hall–Kier alpha value is -2.38. The number of hydrogen-bond acceptors (Lipinski definition) is 5. The summed E-state index contributed by atoms with van der Waals surface area (Å²) in [5.41, 5.74) is 6.90. The van der Waals surface area contributed by atoms with E-state index in [1.807, 2.05) is 26.0 Å². The third-order valence-corrected chi connectivity index (χ3v) is 5.72. The molecule has 1 fully saturated rings. The average molecular weight is 387 g/mol. The number of rotatable bonds is 5. The molecule has 2 N–H and O–H groups in total. The lowest BCUT2D eigenvalue weighted by Gasteiger charge is -2.36. The minimum absolute atomic E-state index is 0.168. The molecule has 3 rings (SSSR count). The van der Waals surface area contributed by atoms with Crippen LogP contribution >= 0.6 is 11.3 Å². The number of carbonyl (C=O) groups excluding carboxylic acids is 2. The molecule has 0 atom stereocenters. The smallest absolute Gasteiger partial charge is 0.270 e. The summed E-state index contributed by atoms with van der Waals surface area (Å²) in [5, 5.41) is 0. The largest absolute Gasteiger partial charge is 0.369 e. The van der Waals surface area contributed by atoms with Gasteiger partial charge in [0.1, 0.15) is 0 Å². The maximum atomic E-state index is 12.1. The van der Waals surface area contributed by atoms with Gasteiger partial charge in [0, 0.05) is 54.6 Å². The molecule has 1 aliphatic rings. The van der Waals surface area contributed by atoms with Crippen molar-refractivity contribution in [3.05, 3.63) is 51.7 Å². The summed E-state index contributed by atoms with van der Waals surface area (Å²) in [6, 6.07) is 12.2. The Kier molecular flexibility index (Phi) is 6.47. The number of carbonyl (C=O) groups is 2. The van der Waals surface area contributed by atoms with Crippen LogP contribution in [0.1, 0.15) is 26.5 Å². The predicted octanol–water partition coefficient (Wildman–Crippen LogP) is 2.34. The zero-order valence-electron chi connectivity index (χ0n) is 15.8. The van der Waals surface area contributed by atoms with Gasteiger partial charge in [-0.3, -0.25) is 25.3 Å². The maximum Gasteiger partial charge on any atom is 0.270 e. The molecule has 0 bridgehead atoms. The summed E-state index contributed by atoms with van der Waals surface area (Å²) in [4.78, 5) is 30.8. The predicted molar refractivity (Wildman–Crippen MR) is 109 cm³/mol. The minimum Gasteiger partial charge on any atom is -0.369 e. The molecule has 0 unspecified atom stereocenters. The van der Waals surface area contributed by atoms with Gasteiger partial charge in [0.15, 0.2) is 0 Å². The molecule has 0 spiro atoms. The number of para-hydroxylation sites is 1.